The molecule has 0 heterocycles. The van der Waals surface area contributed by atoms with E-state index in [1.807, 2.05) is 13.0 Å². The molecule has 1 nitrogen and oxygen atoms in total. The summed E-state index contributed by atoms with van der Waals surface area (Å²) in [6.45, 7) is 7.27. The molecule has 2 rings (SSSR count). The standard InChI is InChI=1S/C18H28FN/c1-13(2)20-12-16-7-5-4-6-8-17(16)15-10-9-14(3)18(19)11-15/h9-11,13,16-17,20H,4-8,12H2,1-3H3. The van der Waals surface area contributed by atoms with Crippen molar-refractivity contribution in [2.45, 2.75) is 64.8 Å². The zero-order valence-electron chi connectivity index (χ0n) is 13.1. The van der Waals surface area contributed by atoms with Crippen molar-refractivity contribution in [3.05, 3.63) is 35.1 Å². The van der Waals surface area contributed by atoms with Crippen LogP contribution in [-0.2, 0) is 0 Å². The van der Waals surface area contributed by atoms with Gasteiger partial charge in [-0.25, -0.2) is 4.39 Å². The summed E-state index contributed by atoms with van der Waals surface area (Å²) < 4.78 is 13.9. The lowest BCUT2D eigenvalue weighted by Crippen LogP contribution is -2.31. The van der Waals surface area contributed by atoms with Crippen LogP contribution in [0.15, 0.2) is 18.2 Å². The smallest absolute Gasteiger partial charge is 0.126 e. The summed E-state index contributed by atoms with van der Waals surface area (Å²) in [5.41, 5.74) is 1.95. The highest BCUT2D eigenvalue weighted by atomic mass is 19.1. The van der Waals surface area contributed by atoms with Crippen LogP contribution in [0, 0.1) is 18.7 Å². The van der Waals surface area contributed by atoms with E-state index in [-0.39, 0.29) is 5.82 Å². The number of aryl methyl sites for hydroxylation is 1. The van der Waals surface area contributed by atoms with E-state index in [9.17, 15) is 4.39 Å². The minimum atomic E-state index is -0.0534. The highest BCUT2D eigenvalue weighted by Crippen LogP contribution is 2.36. The Balaban J connectivity index is 2.16. The Kier molecular flexibility index (Phi) is 5.59. The Morgan fingerprint density at radius 3 is 2.65 bits per heavy atom. The number of halogens is 1. The molecule has 1 N–H and O–H groups in total. The molecule has 0 aromatic heterocycles. The maximum Gasteiger partial charge on any atom is 0.126 e. The van der Waals surface area contributed by atoms with Gasteiger partial charge in [-0.2, -0.15) is 0 Å². The fourth-order valence-electron chi connectivity index (χ4n) is 3.29. The highest BCUT2D eigenvalue weighted by molar-refractivity contribution is 5.27. The summed E-state index contributed by atoms with van der Waals surface area (Å²) in [6, 6.07) is 6.36. The number of hydrogen-bond donors (Lipinski definition) is 1. The van der Waals surface area contributed by atoms with Crippen LogP contribution in [0.3, 0.4) is 0 Å². The van der Waals surface area contributed by atoms with E-state index < -0.39 is 0 Å². The van der Waals surface area contributed by atoms with E-state index in [0.717, 1.165) is 12.1 Å². The van der Waals surface area contributed by atoms with Crippen LogP contribution in [0.2, 0.25) is 0 Å². The van der Waals surface area contributed by atoms with E-state index >= 15 is 0 Å². The minimum absolute atomic E-state index is 0.0534. The second-order valence-electron chi connectivity index (χ2n) is 6.58. The Bertz CT molecular complexity index is 427. The molecule has 0 radical (unpaired) electrons. The van der Waals surface area contributed by atoms with E-state index in [1.54, 1.807) is 6.07 Å². The van der Waals surface area contributed by atoms with E-state index in [0.29, 0.717) is 17.9 Å². The first kappa shape index (κ1) is 15.5. The van der Waals surface area contributed by atoms with Gasteiger partial charge in [0.1, 0.15) is 5.82 Å². The molecule has 0 aliphatic heterocycles. The van der Waals surface area contributed by atoms with Crippen LogP contribution in [-0.4, -0.2) is 12.6 Å². The second kappa shape index (κ2) is 7.21. The van der Waals surface area contributed by atoms with Crippen molar-refractivity contribution in [3.8, 4) is 0 Å². The Morgan fingerprint density at radius 1 is 1.20 bits per heavy atom. The van der Waals surface area contributed by atoms with Gasteiger partial charge in [0, 0.05) is 6.04 Å². The van der Waals surface area contributed by atoms with Gasteiger partial charge in [-0.3, -0.25) is 0 Å². The van der Waals surface area contributed by atoms with Crippen molar-refractivity contribution >= 4 is 0 Å². The zero-order valence-corrected chi connectivity index (χ0v) is 13.1. The molecular weight excluding hydrogens is 249 g/mol. The SMILES string of the molecule is Cc1ccc(C2CCCCCC2CNC(C)C)cc1F. The van der Waals surface area contributed by atoms with Crippen molar-refractivity contribution < 1.29 is 4.39 Å². The fraction of sp³-hybridized carbons (Fsp3) is 0.667. The molecule has 0 saturated heterocycles. The van der Waals surface area contributed by atoms with E-state index in [4.69, 9.17) is 0 Å². The van der Waals surface area contributed by atoms with Crippen LogP contribution in [0.5, 0.6) is 0 Å². The van der Waals surface area contributed by atoms with E-state index in [2.05, 4.69) is 25.2 Å². The van der Waals surface area contributed by atoms with Gasteiger partial charge >= 0.3 is 0 Å². The van der Waals surface area contributed by atoms with Gasteiger partial charge in [0.05, 0.1) is 0 Å². The van der Waals surface area contributed by atoms with E-state index in [1.165, 1.54) is 37.7 Å². The summed E-state index contributed by atoms with van der Waals surface area (Å²) in [6.07, 6.45) is 6.38. The van der Waals surface area contributed by atoms with Gasteiger partial charge in [-0.15, -0.1) is 0 Å². The molecule has 0 spiro atoms. The van der Waals surface area contributed by atoms with Crippen LogP contribution in [0.4, 0.5) is 4.39 Å². The number of hydrogen-bond acceptors (Lipinski definition) is 1. The Labute approximate surface area is 123 Å². The normalized spacial score (nSPS) is 23.9. The van der Waals surface area contributed by atoms with Gasteiger partial charge in [0.2, 0.25) is 0 Å². The predicted octanol–water partition coefficient (Wildman–Crippen LogP) is 4.80. The maximum atomic E-state index is 13.9. The zero-order chi connectivity index (χ0) is 14.5. The number of rotatable bonds is 4. The minimum Gasteiger partial charge on any atom is -0.314 e. The summed E-state index contributed by atoms with van der Waals surface area (Å²) in [7, 11) is 0. The molecule has 2 unspecified atom stereocenters. The molecule has 1 aromatic rings. The molecule has 1 aromatic carbocycles. The average molecular weight is 277 g/mol. The lowest BCUT2D eigenvalue weighted by atomic mass is 9.82. The Hall–Kier alpha value is -0.890. The third-order valence-electron chi connectivity index (χ3n) is 4.57. The Morgan fingerprint density at radius 2 is 1.95 bits per heavy atom. The quantitative estimate of drug-likeness (QED) is 0.780. The van der Waals surface area contributed by atoms with Gasteiger partial charge < -0.3 is 5.32 Å². The lowest BCUT2D eigenvalue weighted by molar-refractivity contribution is 0.362. The molecule has 2 atom stereocenters. The second-order valence-corrected chi connectivity index (χ2v) is 6.58. The van der Waals surface area contributed by atoms with Gasteiger partial charge in [-0.05, 0) is 55.3 Å². The van der Waals surface area contributed by atoms with Crippen LogP contribution < -0.4 is 5.32 Å². The first-order chi connectivity index (χ1) is 9.58. The fourth-order valence-corrected chi connectivity index (χ4v) is 3.29. The first-order valence-corrected chi connectivity index (χ1v) is 8.07. The van der Waals surface area contributed by atoms with Crippen molar-refractivity contribution in [2.24, 2.45) is 5.92 Å². The summed E-state index contributed by atoms with van der Waals surface area (Å²) in [5.74, 6) is 1.10. The monoisotopic (exact) mass is 277 g/mol. The molecular formula is C18H28FN. The van der Waals surface area contributed by atoms with Crippen molar-refractivity contribution in [1.29, 1.82) is 0 Å². The van der Waals surface area contributed by atoms with Gasteiger partial charge in [0.15, 0.2) is 0 Å². The van der Waals surface area contributed by atoms with Gasteiger partial charge in [-0.1, -0.05) is 45.2 Å². The molecule has 112 valence electrons. The molecule has 1 aliphatic carbocycles. The molecule has 2 heteroatoms. The van der Waals surface area contributed by atoms with Crippen LogP contribution in [0.25, 0.3) is 0 Å². The maximum absolute atomic E-state index is 13.9. The van der Waals surface area contributed by atoms with Crippen molar-refractivity contribution in [3.63, 3.8) is 0 Å². The lowest BCUT2D eigenvalue weighted by Gasteiger charge is -2.27. The molecule has 1 fully saturated rings. The van der Waals surface area contributed by atoms with Crippen molar-refractivity contribution in [2.75, 3.05) is 6.54 Å². The molecule has 1 saturated carbocycles. The highest BCUT2D eigenvalue weighted by Gasteiger charge is 2.25. The molecule has 20 heavy (non-hydrogen) atoms. The first-order valence-electron chi connectivity index (χ1n) is 8.07. The van der Waals surface area contributed by atoms with Crippen LogP contribution >= 0.6 is 0 Å². The third-order valence-corrected chi connectivity index (χ3v) is 4.57. The summed E-state index contributed by atoms with van der Waals surface area (Å²) in [4.78, 5) is 0. The third kappa shape index (κ3) is 4.05. The number of benzene rings is 1. The predicted molar refractivity (Wildman–Crippen MR) is 83.6 cm³/mol. The largest absolute Gasteiger partial charge is 0.314 e. The summed E-state index contributed by atoms with van der Waals surface area (Å²) >= 11 is 0. The average Bonchev–Trinajstić information content (AvgIpc) is 2.65. The number of nitrogens with one attached hydrogen (secondary N) is 1. The van der Waals surface area contributed by atoms with Gasteiger partial charge in [0.25, 0.3) is 0 Å². The molecule has 1 aliphatic rings. The van der Waals surface area contributed by atoms with Crippen LogP contribution in [0.1, 0.15) is 63.0 Å². The molecule has 0 bridgehead atoms. The van der Waals surface area contributed by atoms with Crippen molar-refractivity contribution in [1.82, 2.24) is 5.32 Å². The topological polar surface area (TPSA) is 12.0 Å². The molecule has 0 amide bonds. The summed E-state index contributed by atoms with van der Waals surface area (Å²) in [5, 5.41) is 3.57.